The first-order valence-electron chi connectivity index (χ1n) is 9.54. The number of allylic oxidation sites excluding steroid dienone is 1. The molecule has 0 bridgehead atoms. The summed E-state index contributed by atoms with van der Waals surface area (Å²) < 4.78 is 5.40. The molecule has 1 N–H and O–H groups in total. The summed E-state index contributed by atoms with van der Waals surface area (Å²) in [6.07, 6.45) is 9.66. The second kappa shape index (κ2) is 5.88. The van der Waals surface area contributed by atoms with Crippen molar-refractivity contribution in [1.29, 1.82) is 5.26 Å². The van der Waals surface area contributed by atoms with Crippen LogP contribution in [-0.4, -0.2) is 17.8 Å². The molecular formula is C22H27NO2. The predicted molar refractivity (Wildman–Crippen MR) is 97.3 cm³/mol. The average Bonchev–Trinajstić information content (AvgIpc) is 2.94. The van der Waals surface area contributed by atoms with E-state index in [2.05, 4.69) is 37.3 Å². The topological polar surface area (TPSA) is 53.2 Å². The number of hydrogen-bond donors (Lipinski definition) is 1. The molecule has 4 rings (SSSR count). The van der Waals surface area contributed by atoms with Crippen LogP contribution in [-0.2, 0) is 6.42 Å². The number of hydrogen-bond acceptors (Lipinski definition) is 3. The van der Waals surface area contributed by atoms with Crippen LogP contribution in [0.5, 0.6) is 5.75 Å². The first-order chi connectivity index (χ1) is 12.1. The Morgan fingerprint density at radius 2 is 2.20 bits per heavy atom. The molecule has 0 heterocycles. The molecule has 0 unspecified atom stereocenters. The van der Waals surface area contributed by atoms with Crippen molar-refractivity contribution in [1.82, 2.24) is 0 Å². The van der Waals surface area contributed by atoms with E-state index in [1.165, 1.54) is 11.1 Å². The van der Waals surface area contributed by atoms with Crippen molar-refractivity contribution in [2.45, 2.75) is 57.0 Å². The summed E-state index contributed by atoms with van der Waals surface area (Å²) in [5.41, 5.74) is 1.80. The highest BCUT2D eigenvalue weighted by molar-refractivity contribution is 5.42. The number of aliphatic hydroxyl groups is 1. The lowest BCUT2D eigenvalue weighted by Crippen LogP contribution is -2.52. The molecule has 0 aromatic heterocycles. The van der Waals surface area contributed by atoms with Gasteiger partial charge in [-0.25, -0.2) is 0 Å². The van der Waals surface area contributed by atoms with Gasteiger partial charge in [0.15, 0.2) is 0 Å². The highest BCUT2D eigenvalue weighted by atomic mass is 16.5. The molecule has 1 aromatic carbocycles. The largest absolute Gasteiger partial charge is 0.497 e. The second-order valence-electron chi connectivity index (χ2n) is 8.07. The van der Waals surface area contributed by atoms with E-state index in [0.29, 0.717) is 17.8 Å². The maximum atomic E-state index is 11.3. The van der Waals surface area contributed by atoms with Crippen LogP contribution in [0, 0.1) is 28.6 Å². The molecule has 0 amide bonds. The number of nitrogens with zero attached hydrogens (tertiary/aromatic N) is 1. The van der Waals surface area contributed by atoms with Crippen LogP contribution in [0.2, 0.25) is 0 Å². The highest BCUT2D eigenvalue weighted by Crippen LogP contribution is 2.63. The molecule has 5 atom stereocenters. The molecule has 1 fully saturated rings. The van der Waals surface area contributed by atoms with E-state index in [1.807, 2.05) is 6.08 Å². The van der Waals surface area contributed by atoms with E-state index in [-0.39, 0.29) is 11.8 Å². The normalized spacial score (nSPS) is 38.4. The molecule has 1 aromatic rings. The zero-order valence-electron chi connectivity index (χ0n) is 15.2. The summed E-state index contributed by atoms with van der Waals surface area (Å²) >= 11 is 0. The number of ether oxygens (including phenoxy) is 1. The number of nitriles is 1. The van der Waals surface area contributed by atoms with Gasteiger partial charge in [0.2, 0.25) is 0 Å². The summed E-state index contributed by atoms with van der Waals surface area (Å²) in [5.74, 6) is 2.46. The molecule has 132 valence electrons. The van der Waals surface area contributed by atoms with Crippen LogP contribution >= 0.6 is 0 Å². The zero-order chi connectivity index (χ0) is 17.7. The molecule has 3 aliphatic rings. The fourth-order valence-corrected chi connectivity index (χ4v) is 6.17. The van der Waals surface area contributed by atoms with Gasteiger partial charge < -0.3 is 9.84 Å². The number of methoxy groups -OCH3 is 1. The fourth-order valence-electron chi connectivity index (χ4n) is 6.17. The Labute approximate surface area is 150 Å². The molecule has 0 spiro atoms. The summed E-state index contributed by atoms with van der Waals surface area (Å²) in [6.45, 7) is 2.18. The van der Waals surface area contributed by atoms with Crippen LogP contribution in [0.25, 0.3) is 0 Å². The Morgan fingerprint density at radius 1 is 1.36 bits per heavy atom. The Morgan fingerprint density at radius 3 is 2.92 bits per heavy atom. The molecule has 0 aliphatic heterocycles. The van der Waals surface area contributed by atoms with Gasteiger partial charge in [0.25, 0.3) is 0 Å². The van der Waals surface area contributed by atoms with E-state index < -0.39 is 5.60 Å². The van der Waals surface area contributed by atoms with Gasteiger partial charge in [0.1, 0.15) is 11.4 Å². The average molecular weight is 337 g/mol. The summed E-state index contributed by atoms with van der Waals surface area (Å²) in [4.78, 5) is 0. The molecule has 0 saturated heterocycles. The quantitative estimate of drug-likeness (QED) is 0.834. The van der Waals surface area contributed by atoms with Gasteiger partial charge in [0, 0.05) is 5.41 Å². The predicted octanol–water partition coefficient (Wildman–Crippen LogP) is 4.36. The Balaban J connectivity index is 1.70. The Hall–Kier alpha value is -1.79. The van der Waals surface area contributed by atoms with E-state index in [1.54, 1.807) is 7.11 Å². The third kappa shape index (κ3) is 2.20. The summed E-state index contributed by atoms with van der Waals surface area (Å²) in [6, 6.07) is 8.76. The number of fused-ring (bicyclic) bond motifs is 5. The van der Waals surface area contributed by atoms with Crippen LogP contribution in [0.1, 0.15) is 56.1 Å². The molecule has 25 heavy (non-hydrogen) atoms. The molecule has 3 nitrogen and oxygen atoms in total. The van der Waals surface area contributed by atoms with Crippen molar-refractivity contribution in [2.75, 3.05) is 7.11 Å². The lowest BCUT2D eigenvalue weighted by molar-refractivity contribution is -0.0971. The van der Waals surface area contributed by atoms with Gasteiger partial charge in [-0.1, -0.05) is 25.1 Å². The highest BCUT2D eigenvalue weighted by Gasteiger charge is 2.60. The van der Waals surface area contributed by atoms with Crippen molar-refractivity contribution >= 4 is 0 Å². The maximum Gasteiger partial charge on any atom is 0.119 e. The van der Waals surface area contributed by atoms with Gasteiger partial charge >= 0.3 is 0 Å². The van der Waals surface area contributed by atoms with E-state index in [9.17, 15) is 10.4 Å². The SMILES string of the molecule is CC[C@]12CC[C@@H]3c4ccc(OC)cc4CC[C@H]3[C@@H]1C=C[C@@]2(O)CC#N. The molecular weight excluding hydrogens is 310 g/mol. The standard InChI is InChI=1S/C22H27NO2/c1-3-21-10-8-18-17-7-5-16(25-2)14-15(17)4-6-19(18)20(21)9-11-22(21,24)12-13-23/h5,7,9,11,14,18-20,24H,3-4,6,8,10,12H2,1-2H3/t18-,19-,20+,21+,22-/m1/s1. The number of rotatable bonds is 3. The Bertz CT molecular complexity index is 749. The smallest absolute Gasteiger partial charge is 0.119 e. The minimum absolute atomic E-state index is 0.159. The van der Waals surface area contributed by atoms with E-state index in [4.69, 9.17) is 4.74 Å². The van der Waals surface area contributed by atoms with Crippen molar-refractivity contribution in [3.63, 3.8) is 0 Å². The third-order valence-electron chi connectivity index (χ3n) is 7.44. The van der Waals surface area contributed by atoms with Gasteiger partial charge in [0.05, 0.1) is 19.6 Å². The monoisotopic (exact) mass is 337 g/mol. The molecule has 3 aliphatic carbocycles. The van der Waals surface area contributed by atoms with Crippen molar-refractivity contribution in [3.05, 3.63) is 41.5 Å². The molecule has 0 radical (unpaired) electrons. The summed E-state index contributed by atoms with van der Waals surface area (Å²) in [5, 5.41) is 20.5. The lowest BCUT2D eigenvalue weighted by atomic mass is 9.51. The minimum atomic E-state index is -0.952. The van der Waals surface area contributed by atoms with Crippen LogP contribution in [0.4, 0.5) is 0 Å². The Kier molecular flexibility index (Phi) is 3.92. The van der Waals surface area contributed by atoms with Crippen molar-refractivity contribution in [3.8, 4) is 11.8 Å². The first-order valence-corrected chi connectivity index (χ1v) is 9.54. The van der Waals surface area contributed by atoms with Gasteiger partial charge in [-0.05, 0) is 73.1 Å². The zero-order valence-corrected chi connectivity index (χ0v) is 15.2. The van der Waals surface area contributed by atoms with Gasteiger partial charge in [-0.15, -0.1) is 0 Å². The van der Waals surface area contributed by atoms with Crippen LogP contribution in [0.15, 0.2) is 30.4 Å². The van der Waals surface area contributed by atoms with E-state index >= 15 is 0 Å². The number of aryl methyl sites for hydroxylation is 1. The third-order valence-corrected chi connectivity index (χ3v) is 7.44. The number of benzene rings is 1. The fraction of sp³-hybridized carbons (Fsp3) is 0.591. The van der Waals surface area contributed by atoms with Gasteiger partial charge in [-0.3, -0.25) is 0 Å². The summed E-state index contributed by atoms with van der Waals surface area (Å²) in [7, 11) is 1.73. The minimum Gasteiger partial charge on any atom is -0.497 e. The van der Waals surface area contributed by atoms with Gasteiger partial charge in [-0.2, -0.15) is 5.26 Å². The van der Waals surface area contributed by atoms with Crippen molar-refractivity contribution < 1.29 is 9.84 Å². The van der Waals surface area contributed by atoms with E-state index in [0.717, 1.165) is 37.9 Å². The first kappa shape index (κ1) is 16.7. The molecule has 1 saturated carbocycles. The molecule has 3 heteroatoms. The van der Waals surface area contributed by atoms with Crippen LogP contribution in [0.3, 0.4) is 0 Å². The maximum absolute atomic E-state index is 11.3. The lowest BCUT2D eigenvalue weighted by Gasteiger charge is -2.54. The van der Waals surface area contributed by atoms with Crippen molar-refractivity contribution in [2.24, 2.45) is 17.3 Å². The second-order valence-corrected chi connectivity index (χ2v) is 8.07. The van der Waals surface area contributed by atoms with Crippen LogP contribution < -0.4 is 4.74 Å².